The number of aryl methyl sites for hydroxylation is 1. The highest BCUT2D eigenvalue weighted by Gasteiger charge is 2.13. The highest BCUT2D eigenvalue weighted by atomic mass is 32.1. The molecule has 3 aromatic rings. The number of anilines is 1. The second kappa shape index (κ2) is 7.54. The Morgan fingerprint density at radius 1 is 1.20 bits per heavy atom. The third-order valence-corrected chi connectivity index (χ3v) is 4.90. The van der Waals surface area contributed by atoms with E-state index < -0.39 is 11.9 Å². The number of esters is 1. The van der Waals surface area contributed by atoms with E-state index in [-0.39, 0.29) is 12.4 Å². The summed E-state index contributed by atoms with van der Waals surface area (Å²) < 4.78 is 17.9. The van der Waals surface area contributed by atoms with Crippen LogP contribution in [0, 0.1) is 12.7 Å². The molecule has 1 amide bonds. The average molecular weight is 376 g/mol. The number of carbonyl (C=O) groups is 2. The van der Waals surface area contributed by atoms with Gasteiger partial charge in [-0.05, 0) is 43.3 Å². The van der Waals surface area contributed by atoms with Crippen molar-refractivity contribution in [2.75, 3.05) is 11.9 Å². The highest BCUT2D eigenvalue weighted by molar-refractivity contribution is 7.14. The van der Waals surface area contributed by atoms with Crippen molar-refractivity contribution in [3.05, 3.63) is 57.3 Å². The first-order chi connectivity index (χ1) is 12.0. The predicted molar refractivity (Wildman–Crippen MR) is 95.5 cm³/mol. The van der Waals surface area contributed by atoms with Crippen molar-refractivity contribution in [1.82, 2.24) is 4.98 Å². The molecule has 0 saturated carbocycles. The molecule has 0 unspecified atom stereocenters. The van der Waals surface area contributed by atoms with Gasteiger partial charge in [-0.25, -0.2) is 14.2 Å². The molecule has 3 rings (SSSR count). The summed E-state index contributed by atoms with van der Waals surface area (Å²) in [5.74, 6) is -1.32. The van der Waals surface area contributed by atoms with E-state index in [1.165, 1.54) is 34.8 Å². The number of benzene rings is 1. The van der Waals surface area contributed by atoms with Gasteiger partial charge in [-0.15, -0.1) is 22.7 Å². The molecule has 0 aliphatic carbocycles. The Kier molecular flexibility index (Phi) is 5.20. The van der Waals surface area contributed by atoms with Gasteiger partial charge in [0, 0.05) is 15.8 Å². The number of nitrogens with zero attached hydrogens (tertiary/aromatic N) is 1. The number of amides is 1. The lowest BCUT2D eigenvalue weighted by molar-refractivity contribution is -0.119. The van der Waals surface area contributed by atoms with Crippen LogP contribution in [0.3, 0.4) is 0 Å². The minimum absolute atomic E-state index is 0.324. The number of ether oxygens (including phenoxy) is 1. The predicted octanol–water partition coefficient (Wildman–Crippen LogP) is 4.11. The molecule has 0 aliphatic rings. The van der Waals surface area contributed by atoms with Crippen molar-refractivity contribution in [2.45, 2.75) is 6.92 Å². The third-order valence-electron chi connectivity index (χ3n) is 3.17. The zero-order valence-corrected chi connectivity index (χ0v) is 14.7. The molecule has 0 bridgehead atoms. The number of nitrogens with one attached hydrogen (secondary N) is 1. The third kappa shape index (κ3) is 4.49. The van der Waals surface area contributed by atoms with Gasteiger partial charge in [0.15, 0.2) is 11.7 Å². The number of hydrogen-bond donors (Lipinski definition) is 1. The number of rotatable bonds is 5. The monoisotopic (exact) mass is 376 g/mol. The van der Waals surface area contributed by atoms with Gasteiger partial charge in [0.2, 0.25) is 0 Å². The molecule has 1 N–H and O–H groups in total. The zero-order chi connectivity index (χ0) is 17.8. The highest BCUT2D eigenvalue weighted by Crippen LogP contribution is 2.25. The largest absolute Gasteiger partial charge is 0.451 e. The molecule has 0 radical (unpaired) electrons. The summed E-state index contributed by atoms with van der Waals surface area (Å²) in [6, 6.07) is 9.39. The van der Waals surface area contributed by atoms with Gasteiger partial charge in [-0.3, -0.25) is 10.1 Å². The maximum absolute atomic E-state index is 12.9. The summed E-state index contributed by atoms with van der Waals surface area (Å²) in [5.41, 5.74) is 1.38. The first-order valence-electron chi connectivity index (χ1n) is 7.26. The molecule has 0 atom stereocenters. The first-order valence-corrected chi connectivity index (χ1v) is 8.96. The molecular weight excluding hydrogens is 363 g/mol. The van der Waals surface area contributed by atoms with Crippen molar-refractivity contribution >= 4 is 39.7 Å². The Bertz CT molecular complexity index is 903. The molecule has 25 heavy (non-hydrogen) atoms. The Hall–Kier alpha value is -2.58. The van der Waals surface area contributed by atoms with Crippen molar-refractivity contribution in [3.8, 4) is 11.3 Å². The van der Waals surface area contributed by atoms with Crippen LogP contribution in [0.15, 0.2) is 41.8 Å². The zero-order valence-electron chi connectivity index (χ0n) is 13.1. The molecule has 5 nitrogen and oxygen atoms in total. The lowest BCUT2D eigenvalue weighted by Crippen LogP contribution is -2.20. The minimum Gasteiger partial charge on any atom is -0.451 e. The molecule has 128 valence electrons. The van der Waals surface area contributed by atoms with E-state index in [0.717, 1.165) is 10.4 Å². The van der Waals surface area contributed by atoms with Gasteiger partial charge in [-0.2, -0.15) is 0 Å². The Labute approximate surface area is 151 Å². The normalized spacial score (nSPS) is 10.5. The van der Waals surface area contributed by atoms with E-state index in [9.17, 15) is 14.0 Å². The van der Waals surface area contributed by atoms with Crippen molar-refractivity contribution < 1.29 is 18.7 Å². The average Bonchev–Trinajstić information content (AvgIpc) is 3.22. The maximum atomic E-state index is 12.9. The van der Waals surface area contributed by atoms with E-state index >= 15 is 0 Å². The molecule has 2 aromatic heterocycles. The Morgan fingerprint density at radius 3 is 2.64 bits per heavy atom. The fourth-order valence-electron chi connectivity index (χ4n) is 1.99. The van der Waals surface area contributed by atoms with Crippen LogP contribution in [0.4, 0.5) is 9.52 Å². The fraction of sp³-hybridized carbons (Fsp3) is 0.118. The molecule has 0 saturated heterocycles. The molecule has 1 aromatic carbocycles. The van der Waals surface area contributed by atoms with Crippen LogP contribution >= 0.6 is 22.7 Å². The summed E-state index contributed by atoms with van der Waals surface area (Å²) in [6.07, 6.45) is 0. The smallest absolute Gasteiger partial charge is 0.348 e. The summed E-state index contributed by atoms with van der Waals surface area (Å²) in [4.78, 5) is 29.4. The molecule has 0 spiro atoms. The van der Waals surface area contributed by atoms with Crippen molar-refractivity contribution in [3.63, 3.8) is 0 Å². The van der Waals surface area contributed by atoms with E-state index in [1.54, 1.807) is 23.6 Å². The molecule has 0 fully saturated rings. The molecular formula is C17H13FN2O3S2. The van der Waals surface area contributed by atoms with Crippen LogP contribution in [0.2, 0.25) is 0 Å². The summed E-state index contributed by atoms with van der Waals surface area (Å²) >= 11 is 2.55. The van der Waals surface area contributed by atoms with E-state index in [4.69, 9.17) is 4.74 Å². The molecule has 2 heterocycles. The maximum Gasteiger partial charge on any atom is 0.348 e. The van der Waals surface area contributed by atoms with Crippen molar-refractivity contribution in [2.24, 2.45) is 0 Å². The second-order valence-electron chi connectivity index (χ2n) is 5.08. The Morgan fingerprint density at radius 2 is 1.96 bits per heavy atom. The topological polar surface area (TPSA) is 68.3 Å². The second-order valence-corrected chi connectivity index (χ2v) is 7.23. The van der Waals surface area contributed by atoms with Gasteiger partial charge < -0.3 is 4.74 Å². The lowest BCUT2D eigenvalue weighted by atomic mass is 10.2. The van der Waals surface area contributed by atoms with Gasteiger partial charge in [0.25, 0.3) is 5.91 Å². The summed E-state index contributed by atoms with van der Waals surface area (Å²) in [6.45, 7) is 1.50. The SMILES string of the molecule is Cc1ccc(C(=O)OCC(=O)Nc2nc(-c3ccc(F)cc3)cs2)s1. The lowest BCUT2D eigenvalue weighted by Gasteiger charge is -2.03. The van der Waals surface area contributed by atoms with Crippen LogP contribution in [0.1, 0.15) is 14.5 Å². The van der Waals surface area contributed by atoms with Crippen LogP contribution in [0.25, 0.3) is 11.3 Å². The van der Waals surface area contributed by atoms with E-state index in [0.29, 0.717) is 15.7 Å². The van der Waals surface area contributed by atoms with Crippen LogP contribution in [-0.4, -0.2) is 23.5 Å². The number of halogens is 1. The number of aromatic nitrogens is 1. The summed E-state index contributed by atoms with van der Waals surface area (Å²) in [5, 5.41) is 4.71. The minimum atomic E-state index is -0.528. The van der Waals surface area contributed by atoms with Crippen LogP contribution < -0.4 is 5.32 Å². The van der Waals surface area contributed by atoms with Crippen molar-refractivity contribution in [1.29, 1.82) is 0 Å². The standard InChI is InChI=1S/C17H13FN2O3S2/c1-10-2-7-14(25-10)16(22)23-8-15(21)20-17-19-13(9-24-17)11-3-5-12(18)6-4-11/h2-7,9H,8H2,1H3,(H,19,20,21). The van der Waals surface area contributed by atoms with Crippen LogP contribution in [0.5, 0.6) is 0 Å². The van der Waals surface area contributed by atoms with Gasteiger partial charge >= 0.3 is 5.97 Å². The van der Waals surface area contributed by atoms with E-state index in [1.807, 2.05) is 13.0 Å². The number of thiophene rings is 1. The first kappa shape index (κ1) is 17.2. The summed E-state index contributed by atoms with van der Waals surface area (Å²) in [7, 11) is 0. The quantitative estimate of drug-likeness (QED) is 0.680. The fourth-order valence-corrected chi connectivity index (χ4v) is 3.48. The number of hydrogen-bond acceptors (Lipinski definition) is 6. The number of thiazole rings is 1. The Balaban J connectivity index is 1.55. The van der Waals surface area contributed by atoms with Gasteiger partial charge in [0.05, 0.1) is 5.69 Å². The molecule has 0 aliphatic heterocycles. The van der Waals surface area contributed by atoms with Gasteiger partial charge in [0.1, 0.15) is 10.7 Å². The van der Waals surface area contributed by atoms with Gasteiger partial charge in [-0.1, -0.05) is 0 Å². The van der Waals surface area contributed by atoms with Crippen LogP contribution in [-0.2, 0) is 9.53 Å². The van der Waals surface area contributed by atoms with E-state index in [2.05, 4.69) is 10.3 Å². The molecule has 8 heteroatoms. The number of carbonyl (C=O) groups excluding carboxylic acids is 2.